The number of rotatable bonds is 8. The Labute approximate surface area is 167 Å². The molecule has 0 aliphatic heterocycles. The van der Waals surface area contributed by atoms with Crippen LogP contribution < -0.4 is 4.74 Å². The minimum Gasteiger partial charge on any atom is -0.488 e. The first-order valence-electron chi connectivity index (χ1n) is 8.76. The molecule has 0 unspecified atom stereocenters. The van der Waals surface area contributed by atoms with Crippen molar-refractivity contribution in [3.05, 3.63) is 105 Å². The van der Waals surface area contributed by atoms with Crippen LogP contribution in [0.3, 0.4) is 0 Å². The van der Waals surface area contributed by atoms with E-state index < -0.39 is 4.92 Å². The predicted octanol–water partition coefficient (Wildman–Crippen LogP) is 4.60. The van der Waals surface area contributed by atoms with Crippen molar-refractivity contribution in [3.63, 3.8) is 0 Å². The highest BCUT2D eigenvalue weighted by Crippen LogP contribution is 2.20. The highest BCUT2D eigenvalue weighted by Gasteiger charge is 2.07. The zero-order chi connectivity index (χ0) is 20.5. The van der Waals surface area contributed by atoms with Crippen molar-refractivity contribution in [3.8, 4) is 11.8 Å². The summed E-state index contributed by atoms with van der Waals surface area (Å²) in [5.74, 6) is 0.573. The van der Waals surface area contributed by atoms with Gasteiger partial charge in [0.05, 0.1) is 22.8 Å². The molecule has 7 nitrogen and oxygen atoms in total. The molecule has 0 fully saturated rings. The van der Waals surface area contributed by atoms with Crippen LogP contribution in [0.4, 0.5) is 5.69 Å². The molecule has 0 spiro atoms. The Morgan fingerprint density at radius 2 is 1.83 bits per heavy atom. The molecule has 0 radical (unpaired) electrons. The quantitative estimate of drug-likeness (QED) is 0.320. The molecule has 144 valence electrons. The summed E-state index contributed by atoms with van der Waals surface area (Å²) in [6.45, 7) is 0.361. The number of nitro benzene ring substituents is 1. The van der Waals surface area contributed by atoms with Crippen LogP contribution in [0.15, 0.2) is 78.0 Å². The normalized spacial score (nSPS) is 10.4. The number of hydrogen-bond donors (Lipinski definition) is 0. The molecule has 0 aromatic heterocycles. The molecular weight excluding hydrogens is 370 g/mol. The fourth-order valence-corrected chi connectivity index (χ4v) is 2.60. The van der Waals surface area contributed by atoms with Crippen LogP contribution in [0.1, 0.15) is 22.3 Å². The van der Waals surface area contributed by atoms with Gasteiger partial charge in [0, 0.05) is 23.3 Å². The van der Waals surface area contributed by atoms with Gasteiger partial charge in [-0.05, 0) is 23.8 Å². The molecule has 0 bridgehead atoms. The summed E-state index contributed by atoms with van der Waals surface area (Å²) in [6, 6.07) is 22.8. The fourth-order valence-electron chi connectivity index (χ4n) is 2.60. The SMILES string of the molecule is N#Cc1ccccc1CO/N=C\c1ccccc1OCc1cccc([N+](=O)[O-])c1. The van der Waals surface area contributed by atoms with Gasteiger partial charge in [0.25, 0.3) is 5.69 Å². The summed E-state index contributed by atoms with van der Waals surface area (Å²) >= 11 is 0. The minimum atomic E-state index is -0.439. The fraction of sp³-hybridized carbons (Fsp3) is 0.0909. The maximum absolute atomic E-state index is 10.9. The summed E-state index contributed by atoms with van der Waals surface area (Å²) in [7, 11) is 0. The molecule has 0 aliphatic carbocycles. The molecule has 29 heavy (non-hydrogen) atoms. The summed E-state index contributed by atoms with van der Waals surface area (Å²) in [5, 5.41) is 23.9. The Morgan fingerprint density at radius 3 is 2.66 bits per heavy atom. The third kappa shape index (κ3) is 5.40. The van der Waals surface area contributed by atoms with Crippen LogP contribution in [0.2, 0.25) is 0 Å². The second-order valence-electron chi connectivity index (χ2n) is 6.03. The van der Waals surface area contributed by atoms with Crippen molar-refractivity contribution in [1.29, 1.82) is 5.26 Å². The lowest BCUT2D eigenvalue weighted by molar-refractivity contribution is -0.384. The zero-order valence-corrected chi connectivity index (χ0v) is 15.4. The van der Waals surface area contributed by atoms with Gasteiger partial charge in [-0.2, -0.15) is 5.26 Å². The number of ether oxygens (including phenoxy) is 1. The summed E-state index contributed by atoms with van der Waals surface area (Å²) in [5.41, 5.74) is 2.71. The Kier molecular flexibility index (Phi) is 6.53. The lowest BCUT2D eigenvalue weighted by atomic mass is 10.1. The molecule has 0 heterocycles. The smallest absolute Gasteiger partial charge is 0.269 e. The molecule has 3 aromatic rings. The highest BCUT2D eigenvalue weighted by atomic mass is 16.6. The Hall–Kier alpha value is -4.18. The highest BCUT2D eigenvalue weighted by molar-refractivity contribution is 5.83. The van der Waals surface area contributed by atoms with Gasteiger partial charge in [0.15, 0.2) is 0 Å². The van der Waals surface area contributed by atoms with E-state index in [-0.39, 0.29) is 18.9 Å². The second kappa shape index (κ2) is 9.67. The second-order valence-corrected chi connectivity index (χ2v) is 6.03. The lowest BCUT2D eigenvalue weighted by Gasteiger charge is -2.09. The van der Waals surface area contributed by atoms with Crippen molar-refractivity contribution in [2.24, 2.45) is 5.16 Å². The molecule has 0 atom stereocenters. The van der Waals surface area contributed by atoms with E-state index in [9.17, 15) is 10.1 Å². The third-order valence-corrected chi connectivity index (χ3v) is 4.06. The van der Waals surface area contributed by atoms with Crippen LogP contribution in [0, 0.1) is 21.4 Å². The number of nitrogens with zero attached hydrogens (tertiary/aromatic N) is 3. The van der Waals surface area contributed by atoms with Gasteiger partial charge in [-0.15, -0.1) is 0 Å². The monoisotopic (exact) mass is 387 g/mol. The molecule has 0 aliphatic rings. The van der Waals surface area contributed by atoms with E-state index in [0.717, 1.165) is 5.56 Å². The molecule has 0 N–H and O–H groups in total. The molecule has 3 aromatic carbocycles. The Balaban J connectivity index is 1.63. The molecule has 3 rings (SSSR count). The van der Waals surface area contributed by atoms with E-state index in [1.54, 1.807) is 30.3 Å². The van der Waals surface area contributed by atoms with E-state index in [0.29, 0.717) is 22.4 Å². The van der Waals surface area contributed by atoms with Gasteiger partial charge < -0.3 is 9.57 Å². The lowest BCUT2D eigenvalue weighted by Crippen LogP contribution is -1.99. The first kappa shape index (κ1) is 19.6. The molecule has 0 saturated carbocycles. The molecule has 0 saturated heterocycles. The molecule has 0 amide bonds. The number of oxime groups is 1. The largest absolute Gasteiger partial charge is 0.488 e. The van der Waals surface area contributed by atoms with Crippen LogP contribution in [-0.4, -0.2) is 11.1 Å². The first-order chi connectivity index (χ1) is 14.2. The van der Waals surface area contributed by atoms with Crippen molar-refractivity contribution in [2.45, 2.75) is 13.2 Å². The van der Waals surface area contributed by atoms with Crippen molar-refractivity contribution in [1.82, 2.24) is 0 Å². The van der Waals surface area contributed by atoms with E-state index in [1.165, 1.54) is 18.3 Å². The van der Waals surface area contributed by atoms with Crippen LogP contribution >= 0.6 is 0 Å². The summed E-state index contributed by atoms with van der Waals surface area (Å²) < 4.78 is 5.80. The summed E-state index contributed by atoms with van der Waals surface area (Å²) in [6.07, 6.45) is 1.53. The van der Waals surface area contributed by atoms with Crippen molar-refractivity contribution in [2.75, 3.05) is 0 Å². The van der Waals surface area contributed by atoms with Gasteiger partial charge in [-0.1, -0.05) is 47.6 Å². The number of hydrogen-bond acceptors (Lipinski definition) is 6. The minimum absolute atomic E-state index is 0.0204. The van der Waals surface area contributed by atoms with Crippen LogP contribution in [0.25, 0.3) is 0 Å². The number of non-ortho nitro benzene ring substituents is 1. The summed E-state index contributed by atoms with van der Waals surface area (Å²) in [4.78, 5) is 15.8. The van der Waals surface area contributed by atoms with E-state index in [2.05, 4.69) is 11.2 Å². The van der Waals surface area contributed by atoms with E-state index in [1.807, 2.05) is 30.3 Å². The average molecular weight is 387 g/mol. The number of benzene rings is 3. The van der Waals surface area contributed by atoms with E-state index >= 15 is 0 Å². The van der Waals surface area contributed by atoms with Crippen LogP contribution in [-0.2, 0) is 18.1 Å². The standard InChI is InChI=1S/C22H17N3O4/c23-13-18-7-1-2-9-20(18)16-29-24-14-19-8-3-4-11-22(19)28-15-17-6-5-10-21(12-17)25(26)27/h1-12,14H,15-16H2/b24-14-. The third-order valence-electron chi connectivity index (χ3n) is 4.06. The van der Waals surface area contributed by atoms with Gasteiger partial charge in [0.2, 0.25) is 0 Å². The average Bonchev–Trinajstić information content (AvgIpc) is 2.76. The molecular formula is C22H17N3O4. The predicted molar refractivity (Wildman–Crippen MR) is 107 cm³/mol. The zero-order valence-electron chi connectivity index (χ0n) is 15.4. The topological polar surface area (TPSA) is 97.8 Å². The Bertz CT molecular complexity index is 1070. The number of para-hydroxylation sites is 1. The van der Waals surface area contributed by atoms with Crippen LogP contribution in [0.5, 0.6) is 5.75 Å². The number of nitro groups is 1. The van der Waals surface area contributed by atoms with E-state index in [4.69, 9.17) is 14.8 Å². The maximum atomic E-state index is 10.9. The number of nitriles is 1. The van der Waals surface area contributed by atoms with Gasteiger partial charge in [-0.25, -0.2) is 0 Å². The Morgan fingerprint density at radius 1 is 1.03 bits per heavy atom. The van der Waals surface area contributed by atoms with Gasteiger partial charge >= 0.3 is 0 Å². The van der Waals surface area contributed by atoms with Gasteiger partial charge in [-0.3, -0.25) is 10.1 Å². The maximum Gasteiger partial charge on any atom is 0.269 e. The van der Waals surface area contributed by atoms with Gasteiger partial charge in [0.1, 0.15) is 19.0 Å². The molecule has 7 heteroatoms. The first-order valence-corrected chi connectivity index (χ1v) is 8.76. The van der Waals surface area contributed by atoms with Crippen molar-refractivity contribution < 1.29 is 14.5 Å². The van der Waals surface area contributed by atoms with Crippen molar-refractivity contribution >= 4 is 11.9 Å².